The van der Waals surface area contributed by atoms with Crippen molar-refractivity contribution in [2.45, 2.75) is 0 Å². The van der Waals surface area contributed by atoms with Crippen LogP contribution in [0.15, 0.2) is 84.9 Å². The van der Waals surface area contributed by atoms with E-state index in [4.69, 9.17) is 0 Å². The third kappa shape index (κ3) is 1.82. The van der Waals surface area contributed by atoms with E-state index < -0.39 is 0 Å². The minimum Gasteiger partial charge on any atom is -0.354 e. The van der Waals surface area contributed by atoms with Crippen LogP contribution in [-0.2, 0) is 0 Å². The van der Waals surface area contributed by atoms with Crippen molar-refractivity contribution < 1.29 is 0 Å². The molecule has 2 heterocycles. The molecule has 0 saturated carbocycles. The molecule has 0 bridgehead atoms. The Bertz CT molecular complexity index is 1590. The van der Waals surface area contributed by atoms with Gasteiger partial charge in [0.15, 0.2) is 0 Å². The number of hydrogen-bond donors (Lipinski definition) is 2. The molecule has 2 nitrogen and oxygen atoms in total. The van der Waals surface area contributed by atoms with Crippen molar-refractivity contribution in [2.75, 3.05) is 0 Å². The van der Waals surface area contributed by atoms with Gasteiger partial charge in [-0.25, -0.2) is 0 Å². The van der Waals surface area contributed by atoms with Crippen LogP contribution < -0.4 is 0 Å². The maximum atomic E-state index is 3.62. The predicted octanol–water partition coefficient (Wildman–Crippen LogP) is 7.26. The summed E-state index contributed by atoms with van der Waals surface area (Å²) in [5.74, 6) is 0. The first-order valence-electron chi connectivity index (χ1n) is 9.62. The SMILES string of the molecule is c1ccc2cc3c(cc2c1)[nH]c1cc2[nH]c4cc5ccccc5cc4c2cc13. The van der Waals surface area contributed by atoms with Crippen molar-refractivity contribution in [1.82, 2.24) is 9.97 Å². The molecule has 28 heavy (non-hydrogen) atoms. The first kappa shape index (κ1) is 14.3. The van der Waals surface area contributed by atoms with Crippen LogP contribution in [0.3, 0.4) is 0 Å². The fourth-order valence-electron chi connectivity index (χ4n) is 4.68. The fraction of sp³-hybridized carbons (Fsp3) is 0. The topological polar surface area (TPSA) is 31.6 Å². The number of nitrogens with one attached hydrogen (secondary N) is 2. The summed E-state index contributed by atoms with van der Waals surface area (Å²) in [5, 5.41) is 10.2. The summed E-state index contributed by atoms with van der Waals surface area (Å²) in [6.45, 7) is 0. The third-order valence-electron chi connectivity index (χ3n) is 6.05. The number of H-pyrrole nitrogens is 2. The highest BCUT2D eigenvalue weighted by atomic mass is 14.7. The lowest BCUT2D eigenvalue weighted by Gasteiger charge is -1.99. The van der Waals surface area contributed by atoms with Crippen molar-refractivity contribution in [3.63, 3.8) is 0 Å². The lowest BCUT2D eigenvalue weighted by atomic mass is 10.0. The highest BCUT2D eigenvalue weighted by Crippen LogP contribution is 2.36. The monoisotopic (exact) mass is 356 g/mol. The molecule has 7 rings (SSSR count). The van der Waals surface area contributed by atoms with Gasteiger partial charge in [-0.2, -0.15) is 0 Å². The van der Waals surface area contributed by atoms with Crippen molar-refractivity contribution in [3.05, 3.63) is 84.9 Å². The quantitative estimate of drug-likeness (QED) is 0.286. The molecule has 0 unspecified atom stereocenters. The molecule has 2 N–H and O–H groups in total. The maximum Gasteiger partial charge on any atom is 0.0486 e. The molecule has 0 saturated heterocycles. The molecule has 2 heteroatoms. The number of hydrogen-bond acceptors (Lipinski definition) is 0. The predicted molar refractivity (Wildman–Crippen MR) is 120 cm³/mol. The zero-order valence-corrected chi connectivity index (χ0v) is 15.1. The van der Waals surface area contributed by atoms with Gasteiger partial charge in [0.1, 0.15) is 0 Å². The highest BCUT2D eigenvalue weighted by Gasteiger charge is 2.11. The molecule has 2 aromatic heterocycles. The van der Waals surface area contributed by atoms with Crippen LogP contribution in [0.25, 0.3) is 65.2 Å². The van der Waals surface area contributed by atoms with E-state index in [0.717, 1.165) is 0 Å². The van der Waals surface area contributed by atoms with Gasteiger partial charge in [0.2, 0.25) is 0 Å². The zero-order valence-electron chi connectivity index (χ0n) is 15.1. The Balaban J connectivity index is 1.64. The zero-order chi connectivity index (χ0) is 18.2. The molecule has 0 aliphatic heterocycles. The summed E-state index contributed by atoms with van der Waals surface area (Å²) in [6.07, 6.45) is 0. The standard InChI is InChI=1S/C26H16N2/c1-3-7-17-11-23-19(9-15(17)5-1)21-13-22-20-10-16-6-2-4-8-18(16)12-24(20)28-26(22)14-25(21)27-23/h1-14,27-28H. The van der Waals surface area contributed by atoms with Crippen LogP contribution >= 0.6 is 0 Å². The van der Waals surface area contributed by atoms with Gasteiger partial charge in [-0.1, -0.05) is 48.5 Å². The molecule has 7 aromatic rings. The Kier molecular flexibility index (Phi) is 2.52. The third-order valence-corrected chi connectivity index (χ3v) is 6.05. The fourth-order valence-corrected chi connectivity index (χ4v) is 4.68. The first-order chi connectivity index (χ1) is 13.8. The number of aromatic amines is 2. The van der Waals surface area contributed by atoms with Crippen LogP contribution in [-0.4, -0.2) is 9.97 Å². The average molecular weight is 356 g/mol. The number of benzene rings is 5. The van der Waals surface area contributed by atoms with E-state index in [2.05, 4.69) is 94.9 Å². The minimum atomic E-state index is 1.17. The van der Waals surface area contributed by atoms with E-state index in [9.17, 15) is 0 Å². The second-order valence-electron chi connectivity index (χ2n) is 7.68. The normalized spacial score (nSPS) is 12.3. The van der Waals surface area contributed by atoms with Crippen LogP contribution in [0.1, 0.15) is 0 Å². The summed E-state index contributed by atoms with van der Waals surface area (Å²) in [5.41, 5.74) is 4.73. The van der Waals surface area contributed by atoms with Crippen LogP contribution in [0, 0.1) is 0 Å². The summed E-state index contributed by atoms with van der Waals surface area (Å²) in [7, 11) is 0. The van der Waals surface area contributed by atoms with Crippen LogP contribution in [0.4, 0.5) is 0 Å². The van der Waals surface area contributed by atoms with Gasteiger partial charge in [0.25, 0.3) is 0 Å². The second-order valence-corrected chi connectivity index (χ2v) is 7.68. The van der Waals surface area contributed by atoms with Crippen molar-refractivity contribution in [2.24, 2.45) is 0 Å². The molecule has 0 aliphatic carbocycles. The summed E-state index contributed by atoms with van der Waals surface area (Å²) in [4.78, 5) is 7.24. The van der Waals surface area contributed by atoms with E-state index in [1.165, 1.54) is 65.2 Å². The summed E-state index contributed by atoms with van der Waals surface area (Å²) in [6, 6.07) is 30.8. The Labute approximate surface area is 160 Å². The van der Waals surface area contributed by atoms with Gasteiger partial charge in [-0.3, -0.25) is 0 Å². The second kappa shape index (κ2) is 4.93. The van der Waals surface area contributed by atoms with Crippen molar-refractivity contribution in [3.8, 4) is 0 Å². The van der Waals surface area contributed by atoms with E-state index in [1.807, 2.05) is 0 Å². The molecular formula is C26H16N2. The highest BCUT2D eigenvalue weighted by molar-refractivity contribution is 6.20. The molecule has 5 aromatic carbocycles. The largest absolute Gasteiger partial charge is 0.354 e. The van der Waals surface area contributed by atoms with Gasteiger partial charge in [-0.15, -0.1) is 0 Å². The maximum absolute atomic E-state index is 3.62. The Morgan fingerprint density at radius 1 is 0.357 bits per heavy atom. The van der Waals surface area contributed by atoms with Crippen LogP contribution in [0.5, 0.6) is 0 Å². The van der Waals surface area contributed by atoms with Crippen molar-refractivity contribution in [1.29, 1.82) is 0 Å². The van der Waals surface area contributed by atoms with Gasteiger partial charge in [0.05, 0.1) is 0 Å². The molecular weight excluding hydrogens is 340 g/mol. The van der Waals surface area contributed by atoms with Gasteiger partial charge < -0.3 is 9.97 Å². The molecule has 0 radical (unpaired) electrons. The Morgan fingerprint density at radius 2 is 0.714 bits per heavy atom. The molecule has 130 valence electrons. The number of aromatic nitrogens is 2. The van der Waals surface area contributed by atoms with E-state index >= 15 is 0 Å². The van der Waals surface area contributed by atoms with Crippen molar-refractivity contribution >= 4 is 65.2 Å². The molecule has 0 fully saturated rings. The summed E-state index contributed by atoms with van der Waals surface area (Å²) >= 11 is 0. The Hall–Kier alpha value is -3.78. The minimum absolute atomic E-state index is 1.17. The molecule has 0 amide bonds. The van der Waals surface area contributed by atoms with E-state index in [0.29, 0.717) is 0 Å². The van der Waals surface area contributed by atoms with Gasteiger partial charge >= 0.3 is 0 Å². The Morgan fingerprint density at radius 3 is 1.18 bits per heavy atom. The number of rotatable bonds is 0. The lowest BCUT2D eigenvalue weighted by molar-refractivity contribution is 1.53. The lowest BCUT2D eigenvalue weighted by Crippen LogP contribution is -1.73. The summed E-state index contributed by atoms with van der Waals surface area (Å²) < 4.78 is 0. The van der Waals surface area contributed by atoms with Gasteiger partial charge in [0, 0.05) is 43.6 Å². The number of fused-ring (bicyclic) bond motifs is 8. The van der Waals surface area contributed by atoms with E-state index in [-0.39, 0.29) is 0 Å². The molecule has 0 spiro atoms. The molecule has 0 atom stereocenters. The average Bonchev–Trinajstić information content (AvgIpc) is 3.25. The molecule has 0 aliphatic rings. The van der Waals surface area contributed by atoms with Gasteiger partial charge in [-0.05, 0) is 57.9 Å². The first-order valence-corrected chi connectivity index (χ1v) is 9.62. The smallest absolute Gasteiger partial charge is 0.0486 e. The van der Waals surface area contributed by atoms with E-state index in [1.54, 1.807) is 0 Å². The van der Waals surface area contributed by atoms with Crippen LogP contribution in [0.2, 0.25) is 0 Å².